The van der Waals surface area contributed by atoms with Crippen molar-refractivity contribution in [3.8, 4) is 0 Å². The van der Waals surface area contributed by atoms with Crippen molar-refractivity contribution < 1.29 is 13.9 Å². The highest BCUT2D eigenvalue weighted by atomic mass is 79.9. The monoisotopic (exact) mass is 248 g/mol. The van der Waals surface area contributed by atoms with Crippen LogP contribution in [0.5, 0.6) is 0 Å². The van der Waals surface area contributed by atoms with E-state index in [0.717, 1.165) is 12.1 Å². The van der Waals surface area contributed by atoms with Crippen LogP contribution in [0.15, 0.2) is 16.6 Å². The van der Waals surface area contributed by atoms with Crippen molar-refractivity contribution in [2.75, 3.05) is 0 Å². The van der Waals surface area contributed by atoms with E-state index in [2.05, 4.69) is 15.9 Å². The average Bonchev–Trinajstić information content (AvgIpc) is 2.65. The van der Waals surface area contributed by atoms with Crippen LogP contribution in [0.1, 0.15) is 18.4 Å². The summed E-state index contributed by atoms with van der Waals surface area (Å²) in [6.45, 7) is 0. The van der Waals surface area contributed by atoms with Crippen molar-refractivity contribution in [2.24, 2.45) is 0 Å². The topological polar surface area (TPSA) is 20.2 Å². The first kappa shape index (κ1) is 9.09. The molecule has 0 bridgehead atoms. The van der Waals surface area contributed by atoms with Crippen LogP contribution in [0.4, 0.5) is 8.78 Å². The third-order valence-electron chi connectivity index (χ3n) is 2.20. The molecule has 0 aliphatic heterocycles. The van der Waals surface area contributed by atoms with Gasteiger partial charge in [0.05, 0.1) is 11.2 Å². The van der Waals surface area contributed by atoms with E-state index in [-0.39, 0.29) is 5.56 Å². The van der Waals surface area contributed by atoms with E-state index in [0.29, 0.717) is 17.3 Å². The summed E-state index contributed by atoms with van der Waals surface area (Å²) in [4.78, 5) is 0. The van der Waals surface area contributed by atoms with Gasteiger partial charge < -0.3 is 5.11 Å². The molecular formula is C9H7BrF2O. The Morgan fingerprint density at radius 2 is 1.69 bits per heavy atom. The summed E-state index contributed by atoms with van der Waals surface area (Å²) in [6, 6.07) is 2.32. The van der Waals surface area contributed by atoms with Gasteiger partial charge in [0.15, 0.2) is 0 Å². The van der Waals surface area contributed by atoms with E-state index in [1.807, 2.05) is 0 Å². The van der Waals surface area contributed by atoms with Crippen LogP contribution < -0.4 is 0 Å². The first-order valence-electron chi connectivity index (χ1n) is 3.90. The molecule has 1 aliphatic rings. The molecule has 0 unspecified atom stereocenters. The quantitative estimate of drug-likeness (QED) is 0.811. The van der Waals surface area contributed by atoms with Gasteiger partial charge >= 0.3 is 0 Å². The molecule has 70 valence electrons. The lowest BCUT2D eigenvalue weighted by Crippen LogP contribution is -2.10. The summed E-state index contributed by atoms with van der Waals surface area (Å²) < 4.78 is 26.8. The Morgan fingerprint density at radius 1 is 1.23 bits per heavy atom. The van der Waals surface area contributed by atoms with Crippen molar-refractivity contribution in [1.29, 1.82) is 0 Å². The van der Waals surface area contributed by atoms with Gasteiger partial charge in [-0.2, -0.15) is 0 Å². The molecule has 4 heteroatoms. The molecule has 1 N–H and O–H groups in total. The Labute approximate surface area is 82.5 Å². The number of hydrogen-bond donors (Lipinski definition) is 1. The highest BCUT2D eigenvalue weighted by Crippen LogP contribution is 2.47. The van der Waals surface area contributed by atoms with Gasteiger partial charge in [0.25, 0.3) is 0 Å². The van der Waals surface area contributed by atoms with Gasteiger partial charge in [-0.05, 0) is 25.0 Å². The third-order valence-corrected chi connectivity index (χ3v) is 2.65. The predicted octanol–water partition coefficient (Wildman–Crippen LogP) is 2.71. The Bertz CT molecular complexity index is 338. The van der Waals surface area contributed by atoms with Gasteiger partial charge in [-0.15, -0.1) is 0 Å². The smallest absolute Gasteiger partial charge is 0.133 e. The Balaban J connectivity index is 2.57. The molecule has 1 nitrogen and oxygen atoms in total. The fraction of sp³-hybridized carbons (Fsp3) is 0.333. The predicted molar refractivity (Wildman–Crippen MR) is 47.2 cm³/mol. The molecule has 0 amide bonds. The lowest BCUT2D eigenvalue weighted by atomic mass is 10.1. The molecule has 0 atom stereocenters. The zero-order valence-electron chi connectivity index (χ0n) is 6.65. The van der Waals surface area contributed by atoms with E-state index >= 15 is 0 Å². The molecule has 0 spiro atoms. The molecule has 1 aromatic carbocycles. The van der Waals surface area contributed by atoms with E-state index in [9.17, 15) is 13.9 Å². The van der Waals surface area contributed by atoms with Crippen LogP contribution in [-0.2, 0) is 5.60 Å². The van der Waals surface area contributed by atoms with Gasteiger partial charge in [0, 0.05) is 4.47 Å². The maximum Gasteiger partial charge on any atom is 0.133 e. The first-order valence-corrected chi connectivity index (χ1v) is 4.70. The van der Waals surface area contributed by atoms with Gasteiger partial charge in [-0.3, -0.25) is 0 Å². The molecule has 13 heavy (non-hydrogen) atoms. The van der Waals surface area contributed by atoms with Crippen LogP contribution >= 0.6 is 15.9 Å². The summed E-state index contributed by atoms with van der Waals surface area (Å²) in [7, 11) is 0. The minimum atomic E-state index is -1.26. The summed E-state index contributed by atoms with van der Waals surface area (Å²) in [5, 5.41) is 9.56. The first-order chi connectivity index (χ1) is 6.03. The van der Waals surface area contributed by atoms with Crippen LogP contribution in [0.25, 0.3) is 0 Å². The Kier molecular flexibility index (Phi) is 1.92. The second kappa shape index (κ2) is 2.75. The van der Waals surface area contributed by atoms with Gasteiger partial charge in [0.2, 0.25) is 0 Å². The normalized spacial score (nSPS) is 18.8. The summed E-state index contributed by atoms with van der Waals surface area (Å²) in [6.07, 6.45) is 0.866. The van der Waals surface area contributed by atoms with Crippen molar-refractivity contribution in [3.63, 3.8) is 0 Å². The van der Waals surface area contributed by atoms with Crippen molar-refractivity contribution in [3.05, 3.63) is 33.8 Å². The molecule has 2 rings (SSSR count). The minimum absolute atomic E-state index is 0.198. The van der Waals surface area contributed by atoms with Crippen LogP contribution in [0.2, 0.25) is 0 Å². The Morgan fingerprint density at radius 3 is 2.08 bits per heavy atom. The zero-order chi connectivity index (χ0) is 9.64. The molecule has 0 saturated heterocycles. The van der Waals surface area contributed by atoms with E-state index in [1.165, 1.54) is 0 Å². The van der Waals surface area contributed by atoms with E-state index in [1.54, 1.807) is 0 Å². The average molecular weight is 249 g/mol. The van der Waals surface area contributed by atoms with Crippen LogP contribution in [0.3, 0.4) is 0 Å². The maximum absolute atomic E-state index is 13.2. The van der Waals surface area contributed by atoms with E-state index in [4.69, 9.17) is 0 Å². The second-order valence-electron chi connectivity index (χ2n) is 3.28. The molecule has 0 radical (unpaired) electrons. The molecule has 1 aliphatic carbocycles. The fourth-order valence-electron chi connectivity index (χ4n) is 1.36. The maximum atomic E-state index is 13.2. The molecule has 1 saturated carbocycles. The number of aliphatic hydroxyl groups is 1. The fourth-order valence-corrected chi connectivity index (χ4v) is 1.76. The molecule has 0 heterocycles. The van der Waals surface area contributed by atoms with Crippen molar-refractivity contribution >= 4 is 15.9 Å². The number of halogens is 3. The van der Waals surface area contributed by atoms with Crippen LogP contribution in [0, 0.1) is 11.6 Å². The highest BCUT2D eigenvalue weighted by molar-refractivity contribution is 9.10. The standard InChI is InChI=1S/C9H7BrF2O/c10-5-3-6(11)8(7(12)4-5)9(13)1-2-9/h3-4,13H,1-2H2. The van der Waals surface area contributed by atoms with Crippen molar-refractivity contribution in [2.45, 2.75) is 18.4 Å². The zero-order valence-corrected chi connectivity index (χ0v) is 8.24. The molecular weight excluding hydrogens is 242 g/mol. The molecule has 1 fully saturated rings. The largest absolute Gasteiger partial charge is 0.385 e. The number of hydrogen-bond acceptors (Lipinski definition) is 1. The summed E-state index contributed by atoms with van der Waals surface area (Å²) in [5.41, 5.74) is -1.45. The lowest BCUT2D eigenvalue weighted by Gasteiger charge is -2.10. The highest BCUT2D eigenvalue weighted by Gasteiger charge is 2.46. The van der Waals surface area contributed by atoms with Gasteiger partial charge in [-0.1, -0.05) is 15.9 Å². The number of rotatable bonds is 1. The molecule has 1 aromatic rings. The van der Waals surface area contributed by atoms with Gasteiger partial charge in [-0.25, -0.2) is 8.78 Å². The third kappa shape index (κ3) is 1.48. The van der Waals surface area contributed by atoms with Crippen LogP contribution in [-0.4, -0.2) is 5.11 Å². The second-order valence-corrected chi connectivity index (χ2v) is 4.19. The SMILES string of the molecule is OC1(c2c(F)cc(Br)cc2F)CC1. The lowest BCUT2D eigenvalue weighted by molar-refractivity contribution is 0.141. The number of benzene rings is 1. The van der Waals surface area contributed by atoms with Gasteiger partial charge in [0.1, 0.15) is 11.6 Å². The van der Waals surface area contributed by atoms with Crippen molar-refractivity contribution in [1.82, 2.24) is 0 Å². The summed E-state index contributed by atoms with van der Waals surface area (Å²) in [5.74, 6) is -1.38. The summed E-state index contributed by atoms with van der Waals surface area (Å²) >= 11 is 2.97. The molecule has 0 aromatic heterocycles. The minimum Gasteiger partial charge on any atom is -0.385 e. The Hall–Kier alpha value is -0.480. The van der Waals surface area contributed by atoms with E-state index < -0.39 is 17.2 Å².